The molecule has 5 heterocycles. The number of nitrogens with one attached hydrogen (secondary N) is 3. The van der Waals surface area contributed by atoms with Crippen molar-refractivity contribution >= 4 is 52.6 Å². The number of morpholine rings is 1. The molecule has 13 nitrogen and oxygen atoms in total. The first-order valence-corrected chi connectivity index (χ1v) is 10.9. The zero-order valence-electron chi connectivity index (χ0n) is 18.3. The second kappa shape index (κ2) is 7.21. The van der Waals surface area contributed by atoms with Gasteiger partial charge in [-0.2, -0.15) is 0 Å². The summed E-state index contributed by atoms with van der Waals surface area (Å²) in [7, 11) is 0. The number of barbiturate groups is 1. The van der Waals surface area contributed by atoms with E-state index in [1.54, 1.807) is 11.8 Å². The lowest BCUT2D eigenvalue weighted by atomic mass is 9.68. The number of carbonyl (C=O) groups excluding carboxylic acids is 4. The van der Waals surface area contributed by atoms with Crippen LogP contribution in [-0.4, -0.2) is 73.3 Å². The van der Waals surface area contributed by atoms with Crippen LogP contribution in [0.5, 0.6) is 0 Å². The number of benzene rings is 1. The normalized spacial score (nSPS) is 27.4. The van der Waals surface area contributed by atoms with Crippen molar-refractivity contribution in [3.63, 3.8) is 0 Å². The van der Waals surface area contributed by atoms with E-state index in [2.05, 4.69) is 15.8 Å². The largest absolute Gasteiger partial charge is 0.438 e. The van der Waals surface area contributed by atoms with Crippen molar-refractivity contribution < 1.29 is 37.6 Å². The second-order valence-electron chi connectivity index (χ2n) is 8.98. The summed E-state index contributed by atoms with van der Waals surface area (Å²) in [5.41, 5.74) is -1.51. The highest BCUT2D eigenvalue weighted by Crippen LogP contribution is 2.48. The molecule has 1 aromatic carbocycles. The van der Waals surface area contributed by atoms with Crippen molar-refractivity contribution in [1.82, 2.24) is 15.8 Å². The molecule has 1 aromatic heterocycles. The fourth-order valence-corrected chi connectivity index (χ4v) is 5.36. The molecule has 1 spiro atoms. The van der Waals surface area contributed by atoms with Crippen LogP contribution in [0.1, 0.15) is 12.5 Å². The highest BCUT2D eigenvalue weighted by Gasteiger charge is 2.61. The third kappa shape index (κ3) is 2.82. The number of imide groups is 2. The summed E-state index contributed by atoms with van der Waals surface area (Å²) in [6.45, 7) is 1.90. The minimum Gasteiger partial charge on any atom is -0.438 e. The molecule has 3 N–H and O–H groups in total. The predicted molar refractivity (Wildman–Crippen MR) is 115 cm³/mol. The standard InChI is InChI=1S/C21H19FN6O7/c1-8-5-27-12(7-33-8)21(17(29)24-19(31)25-18(21)30)3-9-2-11-15(13(22)14(9)27)35-26-16(11)28-6-10(4-23)34-20(28)32/h2,4,8,10,12,23H,3,5-7H2,1H3,(H2,24,25,29,30,31)/t8-,10+,12-/m1/s1. The second-order valence-corrected chi connectivity index (χ2v) is 8.98. The molecule has 0 aliphatic carbocycles. The Morgan fingerprint density at radius 2 is 1.97 bits per heavy atom. The molecule has 4 aliphatic heterocycles. The van der Waals surface area contributed by atoms with E-state index in [4.69, 9.17) is 19.4 Å². The van der Waals surface area contributed by atoms with Gasteiger partial charge in [0.1, 0.15) is 0 Å². The zero-order valence-corrected chi connectivity index (χ0v) is 18.3. The number of amides is 5. The molecule has 6 rings (SSSR count). The van der Waals surface area contributed by atoms with E-state index in [0.29, 0.717) is 5.56 Å². The van der Waals surface area contributed by atoms with Gasteiger partial charge in [-0.25, -0.2) is 14.0 Å². The van der Waals surface area contributed by atoms with E-state index in [1.165, 1.54) is 6.07 Å². The summed E-state index contributed by atoms with van der Waals surface area (Å²) in [6, 6.07) is -0.278. The zero-order chi connectivity index (χ0) is 24.6. The van der Waals surface area contributed by atoms with Crippen molar-refractivity contribution in [1.29, 1.82) is 5.41 Å². The van der Waals surface area contributed by atoms with E-state index < -0.39 is 47.3 Å². The maximum atomic E-state index is 16.0. The van der Waals surface area contributed by atoms with Crippen LogP contribution in [0.4, 0.5) is 25.5 Å². The summed E-state index contributed by atoms with van der Waals surface area (Å²) in [5.74, 6) is -2.36. The monoisotopic (exact) mass is 486 g/mol. The number of urea groups is 1. The van der Waals surface area contributed by atoms with Crippen LogP contribution in [0.25, 0.3) is 11.0 Å². The summed E-state index contributed by atoms with van der Waals surface area (Å²) in [6.07, 6.45) is -1.15. The van der Waals surface area contributed by atoms with Gasteiger partial charge < -0.3 is 24.3 Å². The lowest BCUT2D eigenvalue weighted by Crippen LogP contribution is -2.73. The summed E-state index contributed by atoms with van der Waals surface area (Å²) in [4.78, 5) is 53.1. The van der Waals surface area contributed by atoms with E-state index in [1.807, 2.05) is 0 Å². The fourth-order valence-electron chi connectivity index (χ4n) is 5.36. The predicted octanol–water partition coefficient (Wildman–Crippen LogP) is 0.444. The third-order valence-corrected chi connectivity index (χ3v) is 6.97. The number of fused-ring (bicyclic) bond motifs is 5. The number of rotatable bonds is 2. The molecular weight excluding hydrogens is 467 g/mol. The molecule has 0 saturated carbocycles. The number of anilines is 2. The molecule has 2 aromatic rings. The Morgan fingerprint density at radius 3 is 2.66 bits per heavy atom. The minimum atomic E-state index is -1.75. The highest BCUT2D eigenvalue weighted by atomic mass is 19.1. The lowest BCUT2D eigenvalue weighted by Gasteiger charge is -2.52. The number of halogens is 1. The first-order valence-electron chi connectivity index (χ1n) is 10.9. The summed E-state index contributed by atoms with van der Waals surface area (Å²) in [5, 5.41) is 15.7. The van der Waals surface area contributed by atoms with E-state index in [0.717, 1.165) is 11.1 Å². The molecule has 14 heteroatoms. The average molecular weight is 486 g/mol. The van der Waals surface area contributed by atoms with Gasteiger partial charge in [0, 0.05) is 19.2 Å². The van der Waals surface area contributed by atoms with Crippen molar-refractivity contribution in [3.8, 4) is 0 Å². The van der Waals surface area contributed by atoms with Gasteiger partial charge in [-0.3, -0.25) is 25.1 Å². The quantitative estimate of drug-likeness (QED) is 0.403. The molecule has 4 aliphatic rings. The van der Waals surface area contributed by atoms with Crippen LogP contribution in [0.15, 0.2) is 10.6 Å². The molecule has 0 bridgehead atoms. The molecule has 3 saturated heterocycles. The number of cyclic esters (lactones) is 1. The minimum absolute atomic E-state index is 0.00436. The maximum Gasteiger partial charge on any atom is 0.416 e. The van der Waals surface area contributed by atoms with Gasteiger partial charge in [0.25, 0.3) is 0 Å². The van der Waals surface area contributed by atoms with Gasteiger partial charge in [-0.05, 0) is 18.6 Å². The van der Waals surface area contributed by atoms with Crippen LogP contribution in [0, 0.1) is 16.6 Å². The van der Waals surface area contributed by atoms with Gasteiger partial charge in [-0.15, -0.1) is 0 Å². The molecule has 0 radical (unpaired) electrons. The Kier molecular flexibility index (Phi) is 4.42. The summed E-state index contributed by atoms with van der Waals surface area (Å²) < 4.78 is 32.0. The van der Waals surface area contributed by atoms with Crippen molar-refractivity contribution in [2.75, 3.05) is 29.5 Å². The molecule has 0 unspecified atom stereocenters. The molecular formula is C21H19FN6O7. The highest BCUT2D eigenvalue weighted by molar-refractivity contribution is 6.20. The van der Waals surface area contributed by atoms with Gasteiger partial charge >= 0.3 is 12.1 Å². The van der Waals surface area contributed by atoms with E-state index in [9.17, 15) is 19.2 Å². The Hall–Kier alpha value is -4.07. The van der Waals surface area contributed by atoms with E-state index >= 15 is 4.39 Å². The molecule has 182 valence electrons. The smallest absolute Gasteiger partial charge is 0.416 e. The van der Waals surface area contributed by atoms with Crippen LogP contribution < -0.4 is 20.4 Å². The van der Waals surface area contributed by atoms with Crippen molar-refractivity contribution in [3.05, 3.63) is 17.4 Å². The first kappa shape index (κ1) is 21.5. The number of nitrogens with zero attached hydrogens (tertiary/aromatic N) is 3. The third-order valence-electron chi connectivity index (χ3n) is 6.97. The maximum absolute atomic E-state index is 16.0. The molecule has 3 atom stereocenters. The molecule has 3 fully saturated rings. The average Bonchev–Trinajstić information content (AvgIpc) is 3.39. The SMILES string of the molecule is C[C@@H]1CN2c3c(cc4c(N5C[C@H](C=N)OC5=O)noc4c3F)CC3(C(=O)NC(=O)NC3=O)[C@H]2CO1. The number of hydrogen-bond donors (Lipinski definition) is 3. The molecule has 5 amide bonds. The van der Waals surface area contributed by atoms with Crippen molar-refractivity contribution in [2.45, 2.75) is 31.6 Å². The number of ether oxygens (including phenoxy) is 2. The van der Waals surface area contributed by atoms with Gasteiger partial charge in [0.2, 0.25) is 17.4 Å². The van der Waals surface area contributed by atoms with Gasteiger partial charge in [-0.1, -0.05) is 5.16 Å². The Balaban J connectivity index is 1.54. The Bertz CT molecular complexity index is 1320. The van der Waals surface area contributed by atoms with Crippen LogP contribution >= 0.6 is 0 Å². The van der Waals surface area contributed by atoms with Crippen molar-refractivity contribution in [2.24, 2.45) is 5.41 Å². The lowest BCUT2D eigenvalue weighted by molar-refractivity contribution is -0.149. The fraction of sp³-hybridized carbons (Fsp3) is 0.429. The van der Waals surface area contributed by atoms with Gasteiger partial charge in [0.05, 0.1) is 36.4 Å². The number of hydrogen-bond acceptors (Lipinski definition) is 10. The summed E-state index contributed by atoms with van der Waals surface area (Å²) >= 11 is 0. The van der Waals surface area contributed by atoms with Crippen LogP contribution in [0.2, 0.25) is 0 Å². The first-order chi connectivity index (χ1) is 16.7. The Morgan fingerprint density at radius 1 is 1.23 bits per heavy atom. The molecule has 35 heavy (non-hydrogen) atoms. The number of carbonyl (C=O) groups is 4. The van der Waals surface area contributed by atoms with Crippen LogP contribution in [0.3, 0.4) is 0 Å². The van der Waals surface area contributed by atoms with Gasteiger partial charge in [0.15, 0.2) is 23.2 Å². The van der Waals surface area contributed by atoms with E-state index in [-0.39, 0.29) is 54.7 Å². The number of aromatic nitrogens is 1. The Labute approximate surface area is 196 Å². The van der Waals surface area contributed by atoms with Crippen LogP contribution in [-0.2, 0) is 25.5 Å². The topological polar surface area (TPSA) is 167 Å².